The molecule has 1 aromatic carbocycles. The van der Waals surface area contributed by atoms with Gasteiger partial charge in [-0.15, -0.1) is 0 Å². The van der Waals surface area contributed by atoms with Crippen LogP contribution in [0.5, 0.6) is 0 Å². The number of carboxylic acids is 1. The number of carbonyl (C=O) groups excluding carboxylic acids is 1. The minimum atomic E-state index is -1.03. The Kier molecular flexibility index (Phi) is 5.62. The number of carbonyl (C=O) groups is 2. The van der Waals surface area contributed by atoms with Crippen molar-refractivity contribution in [1.82, 2.24) is 4.90 Å². The minimum absolute atomic E-state index is 0.304. The van der Waals surface area contributed by atoms with Crippen LogP contribution in [0.3, 0.4) is 0 Å². The topological polar surface area (TPSA) is 57.6 Å². The largest absolute Gasteiger partial charge is 0.480 e. The molecular weight excluding hydrogens is 321 g/mol. The summed E-state index contributed by atoms with van der Waals surface area (Å²) in [5.74, 6) is -1.34. The van der Waals surface area contributed by atoms with Crippen LogP contribution in [0, 0.1) is 0 Å². The fourth-order valence-electron chi connectivity index (χ4n) is 1.52. The van der Waals surface area contributed by atoms with E-state index in [-0.39, 0.29) is 12.5 Å². The highest BCUT2D eigenvalue weighted by Crippen LogP contribution is 2.22. The Morgan fingerprint density at radius 3 is 2.61 bits per heavy atom. The van der Waals surface area contributed by atoms with Crippen molar-refractivity contribution in [3.63, 3.8) is 0 Å². The molecule has 0 aromatic heterocycles. The van der Waals surface area contributed by atoms with Gasteiger partial charge in [0, 0.05) is 16.0 Å². The SMILES string of the molecule is CCCN(CC(=O)O)C(=O)c1ccc(Cl)cc1Br. The molecule has 0 aliphatic carbocycles. The fourth-order valence-corrected chi connectivity index (χ4v) is 2.37. The third kappa shape index (κ3) is 3.99. The summed E-state index contributed by atoms with van der Waals surface area (Å²) in [6.07, 6.45) is 0.699. The van der Waals surface area contributed by atoms with Crippen LogP contribution in [0.1, 0.15) is 23.7 Å². The molecule has 0 bridgehead atoms. The minimum Gasteiger partial charge on any atom is -0.480 e. The smallest absolute Gasteiger partial charge is 0.323 e. The number of carboxylic acid groups (broad SMARTS) is 1. The zero-order chi connectivity index (χ0) is 13.7. The maximum atomic E-state index is 12.2. The number of nitrogens with zero attached hydrogens (tertiary/aromatic N) is 1. The molecule has 0 aliphatic rings. The summed E-state index contributed by atoms with van der Waals surface area (Å²) in [4.78, 5) is 24.2. The number of halogens is 2. The van der Waals surface area contributed by atoms with Crippen LogP contribution in [0.2, 0.25) is 5.02 Å². The molecule has 0 saturated carbocycles. The second-order valence-electron chi connectivity index (χ2n) is 3.74. The van der Waals surface area contributed by atoms with Crippen molar-refractivity contribution in [1.29, 1.82) is 0 Å². The van der Waals surface area contributed by atoms with E-state index in [1.165, 1.54) is 4.90 Å². The predicted molar refractivity (Wildman–Crippen MR) is 73.0 cm³/mol. The van der Waals surface area contributed by atoms with E-state index in [9.17, 15) is 9.59 Å². The summed E-state index contributed by atoms with van der Waals surface area (Å²) in [5, 5.41) is 9.31. The molecule has 1 aromatic rings. The zero-order valence-electron chi connectivity index (χ0n) is 9.82. The van der Waals surface area contributed by atoms with Gasteiger partial charge in [-0.05, 0) is 40.5 Å². The summed E-state index contributed by atoms with van der Waals surface area (Å²) in [6, 6.07) is 4.80. The Labute approximate surface area is 119 Å². The van der Waals surface area contributed by atoms with E-state index in [1.807, 2.05) is 6.92 Å². The van der Waals surface area contributed by atoms with Crippen LogP contribution in [-0.2, 0) is 4.79 Å². The molecular formula is C12H13BrClNO3. The first-order valence-electron chi connectivity index (χ1n) is 5.41. The van der Waals surface area contributed by atoms with E-state index in [2.05, 4.69) is 15.9 Å². The Morgan fingerprint density at radius 2 is 2.11 bits per heavy atom. The fraction of sp³-hybridized carbons (Fsp3) is 0.333. The maximum Gasteiger partial charge on any atom is 0.323 e. The molecule has 0 heterocycles. The second-order valence-corrected chi connectivity index (χ2v) is 5.04. The van der Waals surface area contributed by atoms with Crippen molar-refractivity contribution in [2.45, 2.75) is 13.3 Å². The summed E-state index contributed by atoms with van der Waals surface area (Å²) < 4.78 is 0.562. The summed E-state index contributed by atoms with van der Waals surface area (Å²) in [5.41, 5.74) is 0.411. The number of amides is 1. The van der Waals surface area contributed by atoms with Gasteiger partial charge in [0.15, 0.2) is 0 Å². The molecule has 0 spiro atoms. The van der Waals surface area contributed by atoms with Crippen molar-refractivity contribution in [2.24, 2.45) is 0 Å². The summed E-state index contributed by atoms with van der Waals surface area (Å²) in [6.45, 7) is 1.99. The molecule has 18 heavy (non-hydrogen) atoms. The van der Waals surface area contributed by atoms with E-state index in [4.69, 9.17) is 16.7 Å². The number of aliphatic carboxylic acids is 1. The highest BCUT2D eigenvalue weighted by Gasteiger charge is 2.19. The van der Waals surface area contributed by atoms with Crippen LogP contribution >= 0.6 is 27.5 Å². The van der Waals surface area contributed by atoms with Crippen molar-refractivity contribution < 1.29 is 14.7 Å². The van der Waals surface area contributed by atoms with E-state index < -0.39 is 5.97 Å². The molecule has 0 unspecified atom stereocenters. The van der Waals surface area contributed by atoms with E-state index in [1.54, 1.807) is 18.2 Å². The van der Waals surface area contributed by atoms with Crippen molar-refractivity contribution in [3.05, 3.63) is 33.3 Å². The Balaban J connectivity index is 2.97. The van der Waals surface area contributed by atoms with Crippen molar-refractivity contribution >= 4 is 39.4 Å². The van der Waals surface area contributed by atoms with E-state index in [0.29, 0.717) is 28.0 Å². The first-order valence-corrected chi connectivity index (χ1v) is 6.59. The van der Waals surface area contributed by atoms with Crippen LogP contribution in [0.15, 0.2) is 22.7 Å². The van der Waals surface area contributed by atoms with Crippen LogP contribution in [0.4, 0.5) is 0 Å². The van der Waals surface area contributed by atoms with Gasteiger partial charge in [-0.3, -0.25) is 9.59 Å². The molecule has 0 saturated heterocycles. The molecule has 1 rings (SSSR count). The molecule has 98 valence electrons. The summed E-state index contributed by atoms with van der Waals surface area (Å²) in [7, 11) is 0. The van der Waals surface area contributed by atoms with Gasteiger partial charge in [-0.25, -0.2) is 0 Å². The Morgan fingerprint density at radius 1 is 1.44 bits per heavy atom. The van der Waals surface area contributed by atoms with Crippen molar-refractivity contribution in [2.75, 3.05) is 13.1 Å². The van der Waals surface area contributed by atoms with Crippen LogP contribution in [0.25, 0.3) is 0 Å². The Bertz CT molecular complexity index is 465. The molecule has 1 N–H and O–H groups in total. The average molecular weight is 335 g/mol. The number of hydrogen-bond acceptors (Lipinski definition) is 2. The highest BCUT2D eigenvalue weighted by molar-refractivity contribution is 9.10. The third-order valence-corrected chi connectivity index (χ3v) is 3.16. The zero-order valence-corrected chi connectivity index (χ0v) is 12.2. The first-order chi connectivity index (χ1) is 8.45. The number of rotatable bonds is 5. The lowest BCUT2D eigenvalue weighted by Crippen LogP contribution is -2.36. The maximum absolute atomic E-state index is 12.2. The van der Waals surface area contributed by atoms with Gasteiger partial charge in [-0.2, -0.15) is 0 Å². The molecule has 0 radical (unpaired) electrons. The second kappa shape index (κ2) is 6.75. The molecule has 6 heteroatoms. The molecule has 0 fully saturated rings. The van der Waals surface area contributed by atoms with Crippen LogP contribution in [-0.4, -0.2) is 35.0 Å². The summed E-state index contributed by atoms with van der Waals surface area (Å²) >= 11 is 9.05. The lowest BCUT2D eigenvalue weighted by Gasteiger charge is -2.20. The van der Waals surface area contributed by atoms with E-state index >= 15 is 0 Å². The van der Waals surface area contributed by atoms with Gasteiger partial charge in [-0.1, -0.05) is 18.5 Å². The number of benzene rings is 1. The van der Waals surface area contributed by atoms with Gasteiger partial charge in [0.2, 0.25) is 0 Å². The monoisotopic (exact) mass is 333 g/mol. The normalized spacial score (nSPS) is 10.2. The Hall–Kier alpha value is -1.07. The average Bonchev–Trinajstić information content (AvgIpc) is 2.27. The van der Waals surface area contributed by atoms with E-state index in [0.717, 1.165) is 0 Å². The third-order valence-electron chi connectivity index (χ3n) is 2.27. The predicted octanol–water partition coefficient (Wildman–Crippen LogP) is 3.04. The molecule has 0 atom stereocenters. The quantitative estimate of drug-likeness (QED) is 0.900. The molecule has 0 aliphatic heterocycles. The first kappa shape index (κ1) is 15.0. The standard InChI is InChI=1S/C12H13BrClNO3/c1-2-5-15(7-11(16)17)12(18)9-4-3-8(14)6-10(9)13/h3-4,6H,2,5,7H2,1H3,(H,16,17). The van der Waals surface area contributed by atoms with Gasteiger partial charge in [0.25, 0.3) is 5.91 Å². The lowest BCUT2D eigenvalue weighted by molar-refractivity contribution is -0.137. The van der Waals surface area contributed by atoms with Gasteiger partial charge >= 0.3 is 5.97 Å². The lowest BCUT2D eigenvalue weighted by atomic mass is 10.2. The van der Waals surface area contributed by atoms with Gasteiger partial charge in [0.1, 0.15) is 6.54 Å². The molecule has 4 nitrogen and oxygen atoms in total. The van der Waals surface area contributed by atoms with Crippen LogP contribution < -0.4 is 0 Å². The van der Waals surface area contributed by atoms with Gasteiger partial charge < -0.3 is 10.0 Å². The molecule has 1 amide bonds. The highest BCUT2D eigenvalue weighted by atomic mass is 79.9. The number of hydrogen-bond donors (Lipinski definition) is 1. The van der Waals surface area contributed by atoms with Gasteiger partial charge in [0.05, 0.1) is 5.56 Å². The van der Waals surface area contributed by atoms with Crippen molar-refractivity contribution in [3.8, 4) is 0 Å².